The van der Waals surface area contributed by atoms with Crippen LogP contribution in [0.15, 0.2) is 12.1 Å². The molecule has 1 aromatic rings. The first-order chi connectivity index (χ1) is 8.22. The Bertz CT molecular complexity index is 416. The van der Waals surface area contributed by atoms with E-state index in [0.717, 1.165) is 31.7 Å². The number of methoxy groups -OCH3 is 1. The molecule has 17 heavy (non-hydrogen) atoms. The minimum Gasteiger partial charge on any atom is -0.476 e. The van der Waals surface area contributed by atoms with Gasteiger partial charge in [-0.05, 0) is 25.3 Å². The van der Waals surface area contributed by atoms with Crippen LogP contribution in [0.25, 0.3) is 0 Å². The van der Waals surface area contributed by atoms with Crippen molar-refractivity contribution in [2.24, 2.45) is 0 Å². The number of piperidine rings is 1. The summed E-state index contributed by atoms with van der Waals surface area (Å²) in [6.45, 7) is 1.90. The molecule has 0 unspecified atom stereocenters. The summed E-state index contributed by atoms with van der Waals surface area (Å²) in [5.74, 6) is 0.838. The number of hydrogen-bond acceptors (Lipinski definition) is 5. The fourth-order valence-corrected chi connectivity index (χ4v) is 2.01. The van der Waals surface area contributed by atoms with Gasteiger partial charge in [-0.15, -0.1) is 0 Å². The van der Waals surface area contributed by atoms with Crippen LogP contribution in [0.1, 0.15) is 19.3 Å². The Hall–Kier alpha value is -1.85. The number of nitrogens with zero attached hydrogens (tertiary/aromatic N) is 3. The van der Waals surface area contributed by atoms with Gasteiger partial charge in [0.1, 0.15) is 5.82 Å². The number of anilines is 1. The van der Waals surface area contributed by atoms with Crippen molar-refractivity contribution >= 4 is 11.5 Å². The van der Waals surface area contributed by atoms with Crippen molar-refractivity contribution in [1.82, 2.24) is 4.98 Å². The fourth-order valence-electron chi connectivity index (χ4n) is 2.01. The highest BCUT2D eigenvalue weighted by molar-refractivity contribution is 5.50. The summed E-state index contributed by atoms with van der Waals surface area (Å²) < 4.78 is 4.96. The molecule has 92 valence electrons. The molecule has 0 aromatic carbocycles. The molecule has 0 aliphatic carbocycles. The summed E-state index contributed by atoms with van der Waals surface area (Å²) in [5.41, 5.74) is -0.0896. The van der Waals surface area contributed by atoms with E-state index in [1.54, 1.807) is 6.07 Å². The van der Waals surface area contributed by atoms with Crippen LogP contribution in [0.4, 0.5) is 11.5 Å². The monoisotopic (exact) mass is 237 g/mol. The lowest BCUT2D eigenvalue weighted by Gasteiger charge is -2.27. The third-order valence-electron chi connectivity index (χ3n) is 2.90. The molecule has 0 saturated carbocycles. The second-order valence-electron chi connectivity index (χ2n) is 4.00. The molecular weight excluding hydrogens is 222 g/mol. The van der Waals surface area contributed by atoms with Crippen LogP contribution in [0.2, 0.25) is 0 Å². The van der Waals surface area contributed by atoms with Gasteiger partial charge >= 0.3 is 5.69 Å². The van der Waals surface area contributed by atoms with Crippen LogP contribution in [0, 0.1) is 10.1 Å². The summed E-state index contributed by atoms with van der Waals surface area (Å²) >= 11 is 0. The van der Waals surface area contributed by atoms with E-state index < -0.39 is 4.92 Å². The maximum Gasteiger partial charge on any atom is 0.331 e. The zero-order chi connectivity index (χ0) is 12.3. The lowest BCUT2D eigenvalue weighted by atomic mass is 10.1. The van der Waals surface area contributed by atoms with Gasteiger partial charge in [-0.3, -0.25) is 10.1 Å². The van der Waals surface area contributed by atoms with E-state index in [4.69, 9.17) is 4.74 Å². The number of nitro groups is 1. The van der Waals surface area contributed by atoms with Crippen LogP contribution in [0.5, 0.6) is 5.88 Å². The zero-order valence-corrected chi connectivity index (χ0v) is 9.76. The minimum atomic E-state index is -0.480. The summed E-state index contributed by atoms with van der Waals surface area (Å²) in [4.78, 5) is 16.6. The van der Waals surface area contributed by atoms with Crippen molar-refractivity contribution in [3.8, 4) is 5.88 Å². The first kappa shape index (κ1) is 11.6. The number of rotatable bonds is 3. The van der Waals surface area contributed by atoms with Crippen LogP contribution in [-0.2, 0) is 0 Å². The van der Waals surface area contributed by atoms with E-state index in [9.17, 15) is 10.1 Å². The minimum absolute atomic E-state index is 0.0815. The maximum absolute atomic E-state index is 10.7. The molecule has 6 heteroatoms. The van der Waals surface area contributed by atoms with Crippen LogP contribution >= 0.6 is 0 Å². The van der Waals surface area contributed by atoms with E-state index in [0.29, 0.717) is 0 Å². The Morgan fingerprint density at radius 1 is 1.35 bits per heavy atom. The first-order valence-electron chi connectivity index (χ1n) is 5.67. The molecule has 0 bridgehead atoms. The molecule has 1 aliphatic rings. The van der Waals surface area contributed by atoms with Crippen molar-refractivity contribution in [2.75, 3.05) is 25.1 Å². The van der Waals surface area contributed by atoms with E-state index in [1.165, 1.54) is 19.6 Å². The van der Waals surface area contributed by atoms with Gasteiger partial charge < -0.3 is 9.64 Å². The van der Waals surface area contributed by atoms with Crippen molar-refractivity contribution in [2.45, 2.75) is 19.3 Å². The lowest BCUT2D eigenvalue weighted by molar-refractivity contribution is -0.386. The molecule has 0 amide bonds. The predicted molar refractivity (Wildman–Crippen MR) is 63.5 cm³/mol. The lowest BCUT2D eigenvalue weighted by Crippen LogP contribution is -2.30. The fraction of sp³-hybridized carbons (Fsp3) is 0.545. The number of ether oxygens (including phenoxy) is 1. The first-order valence-corrected chi connectivity index (χ1v) is 5.67. The van der Waals surface area contributed by atoms with E-state index in [1.807, 2.05) is 0 Å². The van der Waals surface area contributed by atoms with Crippen LogP contribution in [0.3, 0.4) is 0 Å². The maximum atomic E-state index is 10.7. The van der Waals surface area contributed by atoms with Gasteiger partial charge in [-0.1, -0.05) is 0 Å². The Morgan fingerprint density at radius 2 is 2.06 bits per heavy atom. The quantitative estimate of drug-likeness (QED) is 0.594. The SMILES string of the molecule is COc1nc(N2CCCCC2)ccc1[N+](=O)[O-]. The average Bonchev–Trinajstić information content (AvgIpc) is 2.39. The standard InChI is InChI=1S/C11H15N3O3/c1-17-11-9(14(15)16)5-6-10(12-11)13-7-3-2-4-8-13/h5-6H,2-4,7-8H2,1H3. The number of hydrogen-bond donors (Lipinski definition) is 0. The molecule has 1 saturated heterocycles. The Kier molecular flexibility index (Phi) is 3.41. The third-order valence-corrected chi connectivity index (χ3v) is 2.90. The van der Waals surface area contributed by atoms with Gasteiger partial charge in [-0.2, -0.15) is 4.98 Å². The van der Waals surface area contributed by atoms with Gasteiger partial charge in [0.15, 0.2) is 0 Å². The predicted octanol–water partition coefficient (Wildman–Crippen LogP) is 1.99. The van der Waals surface area contributed by atoms with Gasteiger partial charge in [0.05, 0.1) is 12.0 Å². The van der Waals surface area contributed by atoms with Gasteiger partial charge in [0.2, 0.25) is 0 Å². The summed E-state index contributed by atoms with van der Waals surface area (Å²) in [6, 6.07) is 3.14. The normalized spacial score (nSPS) is 15.7. The largest absolute Gasteiger partial charge is 0.476 e. The topological polar surface area (TPSA) is 68.5 Å². The molecule has 0 spiro atoms. The molecule has 1 aliphatic heterocycles. The Balaban J connectivity index is 2.27. The van der Waals surface area contributed by atoms with Gasteiger partial charge in [0, 0.05) is 19.2 Å². The Morgan fingerprint density at radius 3 is 2.65 bits per heavy atom. The van der Waals surface area contributed by atoms with Crippen LogP contribution in [-0.4, -0.2) is 30.1 Å². The van der Waals surface area contributed by atoms with E-state index in [-0.39, 0.29) is 11.6 Å². The van der Waals surface area contributed by atoms with Crippen molar-refractivity contribution in [3.05, 3.63) is 22.2 Å². The summed E-state index contributed by atoms with van der Waals surface area (Å²) in [6.07, 6.45) is 3.52. The van der Waals surface area contributed by atoms with E-state index >= 15 is 0 Å². The van der Waals surface area contributed by atoms with Crippen molar-refractivity contribution in [1.29, 1.82) is 0 Å². The highest BCUT2D eigenvalue weighted by atomic mass is 16.6. The second kappa shape index (κ2) is 4.99. The second-order valence-corrected chi connectivity index (χ2v) is 4.00. The highest BCUT2D eigenvalue weighted by Gasteiger charge is 2.19. The molecule has 1 fully saturated rings. The third kappa shape index (κ3) is 2.46. The molecule has 0 radical (unpaired) electrons. The van der Waals surface area contributed by atoms with Crippen molar-refractivity contribution in [3.63, 3.8) is 0 Å². The molecule has 0 atom stereocenters. The smallest absolute Gasteiger partial charge is 0.331 e. The highest BCUT2D eigenvalue weighted by Crippen LogP contribution is 2.28. The van der Waals surface area contributed by atoms with E-state index in [2.05, 4.69) is 9.88 Å². The molecule has 6 nitrogen and oxygen atoms in total. The number of pyridine rings is 1. The molecule has 1 aromatic heterocycles. The molecular formula is C11H15N3O3. The molecule has 2 rings (SSSR count). The number of aromatic nitrogens is 1. The van der Waals surface area contributed by atoms with Gasteiger partial charge in [-0.25, -0.2) is 0 Å². The van der Waals surface area contributed by atoms with Gasteiger partial charge in [0.25, 0.3) is 5.88 Å². The average molecular weight is 237 g/mol. The Labute approximate surface area is 99.4 Å². The molecule has 0 N–H and O–H groups in total. The molecule has 2 heterocycles. The zero-order valence-electron chi connectivity index (χ0n) is 9.76. The summed E-state index contributed by atoms with van der Waals surface area (Å²) in [7, 11) is 1.40. The summed E-state index contributed by atoms with van der Waals surface area (Å²) in [5, 5.41) is 10.7. The van der Waals surface area contributed by atoms with Crippen molar-refractivity contribution < 1.29 is 9.66 Å². The van der Waals surface area contributed by atoms with Crippen LogP contribution < -0.4 is 9.64 Å².